The molecule has 1 aromatic carbocycles. The van der Waals surface area contributed by atoms with E-state index in [-0.39, 0.29) is 23.1 Å². The van der Waals surface area contributed by atoms with Gasteiger partial charge in [0.05, 0.1) is 4.91 Å². The molecule has 2 aliphatic heterocycles. The summed E-state index contributed by atoms with van der Waals surface area (Å²) in [5.41, 5.74) is 2.47. The van der Waals surface area contributed by atoms with Crippen molar-refractivity contribution in [2.24, 2.45) is 0 Å². The van der Waals surface area contributed by atoms with Crippen molar-refractivity contribution in [2.45, 2.75) is 53.2 Å². The maximum atomic E-state index is 13.3. The Balaban J connectivity index is 1.72. The third kappa shape index (κ3) is 5.37. The fourth-order valence-corrected chi connectivity index (χ4v) is 6.36. The zero-order chi connectivity index (χ0) is 26.7. The number of piperazine rings is 1. The Kier molecular flexibility index (Phi) is 8.53. The van der Waals surface area contributed by atoms with Gasteiger partial charge in [-0.05, 0) is 44.4 Å². The number of hydrogen-bond acceptors (Lipinski definition) is 7. The van der Waals surface area contributed by atoms with Crippen LogP contribution in [0, 0.1) is 18.3 Å². The average molecular weight is 536 g/mol. The highest BCUT2D eigenvalue weighted by atomic mass is 32.2. The number of anilines is 1. The number of nitriles is 1. The molecule has 7 nitrogen and oxygen atoms in total. The van der Waals surface area contributed by atoms with Crippen LogP contribution in [-0.4, -0.2) is 56.8 Å². The fourth-order valence-electron chi connectivity index (χ4n) is 4.91. The van der Waals surface area contributed by atoms with Gasteiger partial charge < -0.3 is 4.90 Å². The first-order valence-electron chi connectivity index (χ1n) is 12.8. The molecule has 0 bridgehead atoms. The number of amides is 1. The van der Waals surface area contributed by atoms with E-state index < -0.39 is 0 Å². The minimum atomic E-state index is -0.284. The van der Waals surface area contributed by atoms with E-state index in [2.05, 4.69) is 40.1 Å². The predicted octanol–water partition coefficient (Wildman–Crippen LogP) is 4.37. The molecule has 2 saturated heterocycles. The van der Waals surface area contributed by atoms with Crippen LogP contribution in [0.3, 0.4) is 0 Å². The van der Waals surface area contributed by atoms with Crippen molar-refractivity contribution in [2.75, 3.05) is 31.1 Å². The molecule has 37 heavy (non-hydrogen) atoms. The summed E-state index contributed by atoms with van der Waals surface area (Å²) in [6, 6.07) is 12.5. The summed E-state index contributed by atoms with van der Waals surface area (Å²) in [6.45, 7) is 12.2. The first-order valence-corrected chi connectivity index (χ1v) is 14.0. The van der Waals surface area contributed by atoms with E-state index in [1.165, 1.54) is 17.3 Å². The molecule has 0 radical (unpaired) electrons. The number of aromatic nitrogens is 1. The molecule has 194 valence electrons. The number of pyridine rings is 1. The minimum Gasteiger partial charge on any atom is -0.355 e. The zero-order valence-corrected chi connectivity index (χ0v) is 23.5. The van der Waals surface area contributed by atoms with Crippen LogP contribution >= 0.6 is 24.0 Å². The molecule has 1 aromatic heterocycles. The monoisotopic (exact) mass is 535 g/mol. The van der Waals surface area contributed by atoms with Crippen molar-refractivity contribution >= 4 is 46.1 Å². The van der Waals surface area contributed by atoms with Crippen LogP contribution in [0.15, 0.2) is 40.0 Å². The second-order valence-electron chi connectivity index (χ2n) is 9.46. The lowest BCUT2D eigenvalue weighted by Gasteiger charge is -2.38. The Hall–Kier alpha value is -2.93. The molecule has 2 aliphatic rings. The molecule has 1 atom stereocenters. The Morgan fingerprint density at radius 3 is 2.41 bits per heavy atom. The van der Waals surface area contributed by atoms with E-state index in [0.29, 0.717) is 21.3 Å². The van der Waals surface area contributed by atoms with Crippen molar-refractivity contribution in [1.29, 1.82) is 5.26 Å². The van der Waals surface area contributed by atoms with Crippen molar-refractivity contribution in [3.63, 3.8) is 0 Å². The van der Waals surface area contributed by atoms with Gasteiger partial charge >= 0.3 is 0 Å². The molecule has 0 N–H and O–H groups in total. The summed E-state index contributed by atoms with van der Waals surface area (Å²) in [6.07, 6.45) is 2.64. The first-order chi connectivity index (χ1) is 17.8. The molecule has 0 spiro atoms. The fraction of sp³-hybridized carbons (Fsp3) is 0.429. The van der Waals surface area contributed by atoms with Crippen LogP contribution in [0.4, 0.5) is 5.82 Å². The summed E-state index contributed by atoms with van der Waals surface area (Å²) in [5.74, 6) is 0.660. The maximum Gasteiger partial charge on any atom is 0.270 e. The summed E-state index contributed by atoms with van der Waals surface area (Å²) < 4.78 is 2.23. The van der Waals surface area contributed by atoms with E-state index >= 15 is 0 Å². The van der Waals surface area contributed by atoms with Crippen LogP contribution in [0.1, 0.15) is 49.4 Å². The van der Waals surface area contributed by atoms with E-state index in [1.54, 1.807) is 16.4 Å². The Bertz CT molecular complexity index is 1320. The molecule has 1 amide bonds. The average Bonchev–Trinajstić information content (AvgIpc) is 3.18. The van der Waals surface area contributed by atoms with Gasteiger partial charge in [-0.25, -0.2) is 0 Å². The van der Waals surface area contributed by atoms with E-state index in [0.717, 1.165) is 50.5 Å². The van der Waals surface area contributed by atoms with E-state index in [4.69, 9.17) is 12.2 Å². The summed E-state index contributed by atoms with van der Waals surface area (Å²) in [7, 11) is 0. The number of thiocarbonyl (C=S) groups is 1. The highest BCUT2D eigenvalue weighted by Crippen LogP contribution is 2.37. The molecule has 1 unspecified atom stereocenters. The molecular formula is C28H33N5O2S2. The van der Waals surface area contributed by atoms with Crippen LogP contribution in [0.25, 0.3) is 6.08 Å². The van der Waals surface area contributed by atoms with Gasteiger partial charge in [-0.1, -0.05) is 61.2 Å². The lowest BCUT2D eigenvalue weighted by Crippen LogP contribution is -2.48. The van der Waals surface area contributed by atoms with Crippen LogP contribution in [0.5, 0.6) is 0 Å². The molecule has 4 rings (SSSR count). The van der Waals surface area contributed by atoms with Gasteiger partial charge in [0, 0.05) is 50.9 Å². The first kappa shape index (κ1) is 27.1. The third-order valence-electron chi connectivity index (χ3n) is 7.21. The summed E-state index contributed by atoms with van der Waals surface area (Å²) >= 11 is 6.82. The molecule has 9 heteroatoms. The lowest BCUT2D eigenvalue weighted by molar-refractivity contribution is -0.123. The Labute approximate surface area is 228 Å². The Morgan fingerprint density at radius 2 is 1.81 bits per heavy atom. The second kappa shape index (κ2) is 11.6. The molecule has 0 saturated carbocycles. The number of carbonyl (C=O) groups is 1. The third-order valence-corrected chi connectivity index (χ3v) is 8.54. The number of benzene rings is 1. The smallest absolute Gasteiger partial charge is 0.270 e. The van der Waals surface area contributed by atoms with E-state index in [9.17, 15) is 14.9 Å². The number of carbonyl (C=O) groups excluding carboxylic acids is 1. The van der Waals surface area contributed by atoms with Gasteiger partial charge in [-0.2, -0.15) is 5.26 Å². The SMILES string of the molecule is CCC(C)N1C(=O)/C(=C\c2c(C)c(C#N)c(=O)n(CC)c2N2CCN(Cc3ccccc3)CC2)SC1=S. The minimum absolute atomic E-state index is 0.0101. The largest absolute Gasteiger partial charge is 0.355 e. The van der Waals surface area contributed by atoms with Gasteiger partial charge in [0.1, 0.15) is 21.8 Å². The lowest BCUT2D eigenvalue weighted by atomic mass is 10.0. The van der Waals surface area contributed by atoms with Crippen molar-refractivity contribution in [3.8, 4) is 6.07 Å². The Morgan fingerprint density at radius 1 is 1.14 bits per heavy atom. The molecule has 0 aliphatic carbocycles. The topological polar surface area (TPSA) is 72.6 Å². The highest BCUT2D eigenvalue weighted by molar-refractivity contribution is 8.26. The van der Waals surface area contributed by atoms with Crippen LogP contribution in [0.2, 0.25) is 0 Å². The number of nitrogens with zero attached hydrogens (tertiary/aromatic N) is 5. The van der Waals surface area contributed by atoms with Crippen molar-refractivity contribution in [1.82, 2.24) is 14.4 Å². The van der Waals surface area contributed by atoms with Gasteiger partial charge in [-0.15, -0.1) is 0 Å². The van der Waals surface area contributed by atoms with Gasteiger partial charge in [0.2, 0.25) is 0 Å². The quantitative estimate of drug-likeness (QED) is 0.385. The molecular weight excluding hydrogens is 502 g/mol. The standard InChI is InChI=1S/C28H33N5O2S2/c1-5-19(3)33-27(35)24(37-28(33)36)16-22-20(4)23(17-29)26(34)32(6-2)25(22)31-14-12-30(13-15-31)18-21-10-8-7-9-11-21/h7-11,16,19H,5-6,12-15,18H2,1-4H3/b24-16+. The summed E-state index contributed by atoms with van der Waals surface area (Å²) in [4.78, 5) is 33.4. The van der Waals surface area contributed by atoms with Crippen molar-refractivity contribution in [3.05, 3.63) is 67.8 Å². The van der Waals surface area contributed by atoms with Crippen LogP contribution < -0.4 is 10.5 Å². The summed E-state index contributed by atoms with van der Waals surface area (Å²) in [5, 5.41) is 9.82. The number of rotatable bonds is 7. The van der Waals surface area contributed by atoms with Gasteiger partial charge in [0.15, 0.2) is 0 Å². The van der Waals surface area contributed by atoms with E-state index in [1.807, 2.05) is 32.9 Å². The van der Waals surface area contributed by atoms with Crippen molar-refractivity contribution < 1.29 is 4.79 Å². The van der Waals surface area contributed by atoms with Gasteiger partial charge in [-0.3, -0.25) is 24.0 Å². The predicted molar refractivity (Wildman–Crippen MR) is 155 cm³/mol. The van der Waals surface area contributed by atoms with Gasteiger partial charge in [0.25, 0.3) is 11.5 Å². The zero-order valence-electron chi connectivity index (χ0n) is 21.9. The molecule has 3 heterocycles. The van der Waals surface area contributed by atoms with Crippen LogP contribution in [-0.2, 0) is 17.9 Å². The molecule has 2 aromatic rings. The number of hydrogen-bond donors (Lipinski definition) is 0. The molecule has 2 fully saturated rings. The second-order valence-corrected chi connectivity index (χ2v) is 11.1. The normalized spacial score (nSPS) is 18.5. The highest BCUT2D eigenvalue weighted by Gasteiger charge is 2.35. The maximum absolute atomic E-state index is 13.3. The number of thioether (sulfide) groups is 1.